The molecule has 0 unspecified atom stereocenters. The van der Waals surface area contributed by atoms with Gasteiger partial charge < -0.3 is 5.32 Å². The molecular weight excluding hydrogens is 102 g/mol. The van der Waals surface area contributed by atoms with Crippen LogP contribution < -0.4 is 5.32 Å². The van der Waals surface area contributed by atoms with E-state index in [1.807, 2.05) is 6.07 Å². The van der Waals surface area contributed by atoms with Crippen molar-refractivity contribution < 1.29 is 0 Å². The molecule has 0 spiro atoms. The van der Waals surface area contributed by atoms with Crippen LogP contribution in [-0.4, -0.2) is 12.9 Å². The lowest BCUT2D eigenvalue weighted by Gasteiger charge is -1.98. The van der Waals surface area contributed by atoms with Crippen molar-refractivity contribution in [1.29, 1.82) is 5.26 Å². The van der Waals surface area contributed by atoms with Gasteiger partial charge in [-0.2, -0.15) is 5.26 Å². The Kier molecular flexibility index (Phi) is 1.29. The van der Waals surface area contributed by atoms with Crippen molar-refractivity contribution in [3.8, 4) is 6.07 Å². The van der Waals surface area contributed by atoms with Gasteiger partial charge in [0.05, 0.1) is 5.57 Å². The second-order valence-electron chi connectivity index (χ2n) is 1.39. The fraction of sp³-hybridized carbons (Fsp3) is 0.200. The molecule has 0 amide bonds. The Bertz CT molecular complexity index is 173. The van der Waals surface area contributed by atoms with Crippen molar-refractivity contribution in [1.82, 2.24) is 5.32 Å². The predicted octanol–water partition coefficient (Wildman–Crippen LogP) is 0.0254. The SMILES string of the molecule is N#CC1=CNCN=C1. The molecule has 0 atom stereocenters. The number of rotatable bonds is 0. The molecule has 0 radical (unpaired) electrons. The Balaban J connectivity index is 2.68. The van der Waals surface area contributed by atoms with E-state index in [4.69, 9.17) is 5.26 Å². The summed E-state index contributed by atoms with van der Waals surface area (Å²) in [5.74, 6) is 0. The molecule has 0 aromatic carbocycles. The fourth-order valence-electron chi connectivity index (χ4n) is 0.451. The summed E-state index contributed by atoms with van der Waals surface area (Å²) in [7, 11) is 0. The number of nitrogens with one attached hydrogen (secondary N) is 1. The number of hydrogen-bond acceptors (Lipinski definition) is 3. The van der Waals surface area contributed by atoms with Crippen molar-refractivity contribution in [3.05, 3.63) is 11.8 Å². The van der Waals surface area contributed by atoms with Gasteiger partial charge in [-0.3, -0.25) is 4.99 Å². The Morgan fingerprint density at radius 2 is 2.75 bits per heavy atom. The van der Waals surface area contributed by atoms with Crippen molar-refractivity contribution in [2.75, 3.05) is 6.67 Å². The van der Waals surface area contributed by atoms with Crippen LogP contribution in [0.1, 0.15) is 0 Å². The predicted molar refractivity (Wildman–Crippen MR) is 30.2 cm³/mol. The number of nitrogens with zero attached hydrogens (tertiary/aromatic N) is 2. The zero-order chi connectivity index (χ0) is 5.82. The molecule has 1 N–H and O–H groups in total. The third-order valence-electron chi connectivity index (χ3n) is 0.800. The molecule has 0 saturated heterocycles. The highest BCUT2D eigenvalue weighted by Gasteiger charge is 1.91. The first kappa shape index (κ1) is 4.85. The summed E-state index contributed by atoms with van der Waals surface area (Å²) in [6, 6.07) is 1.95. The molecule has 0 fully saturated rings. The smallest absolute Gasteiger partial charge is 0.107 e. The largest absolute Gasteiger partial charge is 0.371 e. The van der Waals surface area contributed by atoms with Gasteiger partial charge in [-0.1, -0.05) is 0 Å². The van der Waals surface area contributed by atoms with Crippen LogP contribution in [0.3, 0.4) is 0 Å². The van der Waals surface area contributed by atoms with Crippen LogP contribution in [0, 0.1) is 11.3 Å². The summed E-state index contributed by atoms with van der Waals surface area (Å²) in [5.41, 5.74) is 0.580. The lowest BCUT2D eigenvalue weighted by atomic mass is 10.3. The molecule has 8 heavy (non-hydrogen) atoms. The number of nitriles is 1. The van der Waals surface area contributed by atoms with Gasteiger partial charge in [0.2, 0.25) is 0 Å². The first-order chi connectivity index (χ1) is 3.93. The van der Waals surface area contributed by atoms with Crippen molar-refractivity contribution in [2.24, 2.45) is 4.99 Å². The van der Waals surface area contributed by atoms with Crippen LogP contribution >= 0.6 is 0 Å². The van der Waals surface area contributed by atoms with Gasteiger partial charge in [-0.25, -0.2) is 0 Å². The van der Waals surface area contributed by atoms with Crippen molar-refractivity contribution >= 4 is 6.21 Å². The van der Waals surface area contributed by atoms with Gasteiger partial charge in [0, 0.05) is 12.4 Å². The Morgan fingerprint density at radius 1 is 1.88 bits per heavy atom. The third-order valence-corrected chi connectivity index (χ3v) is 0.800. The van der Waals surface area contributed by atoms with Gasteiger partial charge in [0.15, 0.2) is 0 Å². The summed E-state index contributed by atoms with van der Waals surface area (Å²) in [6.45, 7) is 0.588. The Morgan fingerprint density at radius 3 is 3.12 bits per heavy atom. The van der Waals surface area contributed by atoms with Crippen molar-refractivity contribution in [3.63, 3.8) is 0 Å². The maximum absolute atomic E-state index is 8.24. The minimum atomic E-state index is 0.580. The zero-order valence-corrected chi connectivity index (χ0v) is 4.26. The number of allylic oxidation sites excluding steroid dienone is 1. The van der Waals surface area contributed by atoms with E-state index < -0.39 is 0 Å². The molecule has 3 nitrogen and oxygen atoms in total. The average molecular weight is 107 g/mol. The van der Waals surface area contributed by atoms with E-state index in [9.17, 15) is 0 Å². The number of aliphatic imine (C=N–C) groups is 1. The van der Waals surface area contributed by atoms with E-state index >= 15 is 0 Å². The third kappa shape index (κ3) is 0.850. The van der Waals surface area contributed by atoms with Gasteiger partial charge in [0.1, 0.15) is 12.7 Å². The molecule has 1 aliphatic rings. The van der Waals surface area contributed by atoms with Crippen LogP contribution in [0.15, 0.2) is 16.8 Å². The minimum absolute atomic E-state index is 0.580. The minimum Gasteiger partial charge on any atom is -0.371 e. The summed E-state index contributed by atoms with van der Waals surface area (Å²) in [4.78, 5) is 3.80. The fourth-order valence-corrected chi connectivity index (χ4v) is 0.451. The molecule has 1 rings (SSSR count). The maximum Gasteiger partial charge on any atom is 0.107 e. The standard InChI is InChI=1S/C5H5N3/c6-1-5-2-7-4-8-3-5/h2-3,7H,4H2. The van der Waals surface area contributed by atoms with Crippen LogP contribution in [0.25, 0.3) is 0 Å². The second kappa shape index (κ2) is 2.12. The second-order valence-corrected chi connectivity index (χ2v) is 1.39. The molecular formula is C5H5N3. The zero-order valence-electron chi connectivity index (χ0n) is 4.26. The molecule has 0 aromatic rings. The van der Waals surface area contributed by atoms with Gasteiger partial charge in [-0.05, 0) is 0 Å². The van der Waals surface area contributed by atoms with E-state index in [1.54, 1.807) is 12.4 Å². The first-order valence-corrected chi connectivity index (χ1v) is 2.27. The lowest BCUT2D eigenvalue weighted by Crippen LogP contribution is -2.10. The Labute approximate surface area is 47.3 Å². The van der Waals surface area contributed by atoms with E-state index in [-0.39, 0.29) is 0 Å². The van der Waals surface area contributed by atoms with E-state index in [2.05, 4.69) is 10.3 Å². The highest BCUT2D eigenvalue weighted by Crippen LogP contribution is 1.88. The Hall–Kier alpha value is -1.30. The summed E-state index contributed by atoms with van der Waals surface area (Å²) in [6.07, 6.45) is 3.20. The summed E-state index contributed by atoms with van der Waals surface area (Å²) >= 11 is 0. The van der Waals surface area contributed by atoms with Gasteiger partial charge in [0.25, 0.3) is 0 Å². The summed E-state index contributed by atoms with van der Waals surface area (Å²) in [5, 5.41) is 11.0. The highest BCUT2D eigenvalue weighted by molar-refractivity contribution is 5.83. The van der Waals surface area contributed by atoms with Crippen LogP contribution in [0.5, 0.6) is 0 Å². The monoisotopic (exact) mass is 107 g/mol. The van der Waals surface area contributed by atoms with E-state index in [0.717, 1.165) is 0 Å². The summed E-state index contributed by atoms with van der Waals surface area (Å²) < 4.78 is 0. The molecule has 0 bridgehead atoms. The molecule has 3 heteroatoms. The van der Waals surface area contributed by atoms with E-state index in [0.29, 0.717) is 12.2 Å². The molecule has 1 heterocycles. The lowest BCUT2D eigenvalue weighted by molar-refractivity contribution is 0.874. The molecule has 0 saturated carbocycles. The molecule has 0 aliphatic carbocycles. The highest BCUT2D eigenvalue weighted by atomic mass is 15.0. The van der Waals surface area contributed by atoms with Crippen LogP contribution in [-0.2, 0) is 0 Å². The van der Waals surface area contributed by atoms with Gasteiger partial charge >= 0.3 is 0 Å². The maximum atomic E-state index is 8.24. The first-order valence-electron chi connectivity index (χ1n) is 2.27. The normalized spacial score (nSPS) is 16.1. The van der Waals surface area contributed by atoms with E-state index in [1.165, 1.54) is 0 Å². The van der Waals surface area contributed by atoms with Crippen LogP contribution in [0.4, 0.5) is 0 Å². The number of hydrogen-bond donors (Lipinski definition) is 1. The molecule has 0 aromatic heterocycles. The quantitative estimate of drug-likeness (QED) is 0.474. The van der Waals surface area contributed by atoms with Crippen molar-refractivity contribution in [2.45, 2.75) is 0 Å². The molecule has 1 aliphatic heterocycles. The van der Waals surface area contributed by atoms with Crippen LogP contribution in [0.2, 0.25) is 0 Å². The topological polar surface area (TPSA) is 48.2 Å². The average Bonchev–Trinajstić information content (AvgIpc) is 1.90. The van der Waals surface area contributed by atoms with Gasteiger partial charge in [-0.15, -0.1) is 0 Å². The molecule has 40 valence electrons.